The van der Waals surface area contributed by atoms with Crippen LogP contribution in [-0.4, -0.2) is 18.7 Å². The van der Waals surface area contributed by atoms with Crippen molar-refractivity contribution in [1.82, 2.24) is 5.43 Å². The lowest BCUT2D eigenvalue weighted by molar-refractivity contribution is -0.123. The van der Waals surface area contributed by atoms with Gasteiger partial charge in [-0.15, -0.1) is 0 Å². The molecule has 7 heteroatoms. The molecule has 3 aromatic carbocycles. The minimum atomic E-state index is -0.388. The highest BCUT2D eigenvalue weighted by Gasteiger charge is 2.09. The van der Waals surface area contributed by atoms with Crippen LogP contribution >= 0.6 is 23.2 Å². The maximum absolute atomic E-state index is 12.0. The summed E-state index contributed by atoms with van der Waals surface area (Å²) in [6.07, 6.45) is 1.40. The standard InChI is InChI=1S/C25H18Cl2N2O3/c26-19-8-12-22(23(27)14-19)24-13-11-21(32-24)15-28-29-25(30)16-31-20-9-6-18(7-10-20)17-4-2-1-3-5-17/h1-15H,16H2,(H,29,30)/b28-15+. The van der Waals surface area contributed by atoms with Gasteiger partial charge in [0.05, 0.1) is 11.2 Å². The zero-order chi connectivity index (χ0) is 22.3. The van der Waals surface area contributed by atoms with Crippen molar-refractivity contribution in [3.63, 3.8) is 0 Å². The number of carbonyl (C=O) groups excluding carboxylic acids is 1. The maximum atomic E-state index is 12.0. The molecule has 160 valence electrons. The number of hydrogen-bond donors (Lipinski definition) is 1. The molecule has 0 aliphatic heterocycles. The molecule has 0 unspecified atom stereocenters. The van der Waals surface area contributed by atoms with Gasteiger partial charge < -0.3 is 9.15 Å². The summed E-state index contributed by atoms with van der Waals surface area (Å²) in [6.45, 7) is -0.161. The zero-order valence-electron chi connectivity index (χ0n) is 16.8. The molecular weight excluding hydrogens is 447 g/mol. The van der Waals surface area contributed by atoms with Gasteiger partial charge in [0.2, 0.25) is 0 Å². The van der Waals surface area contributed by atoms with Crippen molar-refractivity contribution in [2.24, 2.45) is 5.10 Å². The summed E-state index contributed by atoms with van der Waals surface area (Å²) in [7, 11) is 0. The van der Waals surface area contributed by atoms with Crippen LogP contribution in [0.3, 0.4) is 0 Å². The van der Waals surface area contributed by atoms with Gasteiger partial charge in [0.1, 0.15) is 17.3 Å². The molecule has 1 heterocycles. The summed E-state index contributed by atoms with van der Waals surface area (Å²) in [5, 5.41) is 4.93. The number of nitrogens with one attached hydrogen (secondary N) is 1. The van der Waals surface area contributed by atoms with Gasteiger partial charge in [-0.25, -0.2) is 5.43 Å². The number of hydrazone groups is 1. The molecule has 4 aromatic rings. The average molecular weight is 465 g/mol. The molecule has 1 N–H and O–H groups in total. The van der Waals surface area contributed by atoms with Gasteiger partial charge in [-0.2, -0.15) is 5.10 Å². The Morgan fingerprint density at radius 3 is 2.44 bits per heavy atom. The van der Waals surface area contributed by atoms with E-state index in [4.69, 9.17) is 32.4 Å². The molecule has 0 fully saturated rings. The first-order chi connectivity index (χ1) is 15.6. The summed E-state index contributed by atoms with van der Waals surface area (Å²) >= 11 is 12.1. The van der Waals surface area contributed by atoms with Gasteiger partial charge in [0, 0.05) is 10.6 Å². The van der Waals surface area contributed by atoms with Crippen LogP contribution in [0.1, 0.15) is 5.76 Å². The Bertz CT molecular complexity index is 1240. The number of ether oxygens (including phenoxy) is 1. The number of halogens is 2. The Hall–Kier alpha value is -3.54. The van der Waals surface area contributed by atoms with Gasteiger partial charge in [-0.3, -0.25) is 4.79 Å². The Labute approximate surface area is 195 Å². The van der Waals surface area contributed by atoms with Crippen LogP contribution in [0.4, 0.5) is 0 Å². The summed E-state index contributed by atoms with van der Waals surface area (Å²) in [4.78, 5) is 12.0. The van der Waals surface area contributed by atoms with Gasteiger partial charge in [0.25, 0.3) is 5.91 Å². The maximum Gasteiger partial charge on any atom is 0.277 e. The molecule has 0 atom stereocenters. The van der Waals surface area contributed by atoms with Crippen LogP contribution < -0.4 is 10.2 Å². The molecule has 0 radical (unpaired) electrons. The van der Waals surface area contributed by atoms with Crippen LogP contribution in [0.15, 0.2) is 94.4 Å². The second-order valence-electron chi connectivity index (χ2n) is 6.80. The molecule has 5 nitrogen and oxygen atoms in total. The summed E-state index contributed by atoms with van der Waals surface area (Å²) < 4.78 is 11.2. The SMILES string of the molecule is O=C(COc1ccc(-c2ccccc2)cc1)N/N=C/c1ccc(-c2ccc(Cl)cc2Cl)o1. The first-order valence-electron chi connectivity index (χ1n) is 9.74. The lowest BCUT2D eigenvalue weighted by Gasteiger charge is -2.06. The van der Waals surface area contributed by atoms with Gasteiger partial charge >= 0.3 is 0 Å². The smallest absolute Gasteiger partial charge is 0.277 e. The van der Waals surface area contributed by atoms with E-state index < -0.39 is 0 Å². The number of nitrogens with zero attached hydrogens (tertiary/aromatic N) is 1. The third-order valence-corrected chi connectivity index (χ3v) is 5.08. The normalized spacial score (nSPS) is 10.9. The molecule has 1 amide bonds. The van der Waals surface area contributed by atoms with E-state index in [9.17, 15) is 4.79 Å². The second kappa shape index (κ2) is 10.2. The van der Waals surface area contributed by atoms with Crippen LogP contribution in [0.2, 0.25) is 10.0 Å². The number of benzene rings is 3. The molecule has 0 aliphatic carbocycles. The van der Waals surface area contributed by atoms with Crippen molar-refractivity contribution in [1.29, 1.82) is 0 Å². The largest absolute Gasteiger partial charge is 0.484 e. The van der Waals surface area contributed by atoms with Crippen molar-refractivity contribution >= 4 is 35.3 Å². The van der Waals surface area contributed by atoms with E-state index >= 15 is 0 Å². The molecule has 0 bridgehead atoms. The number of amides is 1. The number of furan rings is 1. The number of rotatable bonds is 7. The van der Waals surface area contributed by atoms with E-state index in [2.05, 4.69) is 10.5 Å². The third kappa shape index (κ3) is 5.58. The van der Waals surface area contributed by atoms with E-state index in [1.807, 2.05) is 54.6 Å². The van der Waals surface area contributed by atoms with E-state index in [0.29, 0.717) is 32.9 Å². The van der Waals surface area contributed by atoms with Gasteiger partial charge in [0.15, 0.2) is 6.61 Å². The van der Waals surface area contributed by atoms with Gasteiger partial charge in [-0.05, 0) is 53.6 Å². The zero-order valence-corrected chi connectivity index (χ0v) is 18.3. The lowest BCUT2D eigenvalue weighted by Crippen LogP contribution is -2.24. The van der Waals surface area contributed by atoms with Crippen molar-refractivity contribution < 1.29 is 13.9 Å². The Morgan fingerprint density at radius 2 is 1.69 bits per heavy atom. The summed E-state index contributed by atoms with van der Waals surface area (Å²) in [5.74, 6) is 1.24. The Morgan fingerprint density at radius 1 is 0.938 bits per heavy atom. The first-order valence-corrected chi connectivity index (χ1v) is 10.5. The predicted octanol–water partition coefficient (Wildman–Crippen LogP) is 6.45. The molecule has 1 aromatic heterocycles. The molecule has 0 saturated heterocycles. The summed E-state index contributed by atoms with van der Waals surface area (Å²) in [5.41, 5.74) is 5.31. The fourth-order valence-electron chi connectivity index (χ4n) is 2.98. The monoisotopic (exact) mass is 464 g/mol. The van der Waals surface area contributed by atoms with Gasteiger partial charge in [-0.1, -0.05) is 65.7 Å². The molecule has 0 spiro atoms. The second-order valence-corrected chi connectivity index (χ2v) is 7.64. The highest BCUT2D eigenvalue weighted by atomic mass is 35.5. The summed E-state index contributed by atoms with van der Waals surface area (Å²) in [6, 6.07) is 26.2. The van der Waals surface area contributed by atoms with Crippen molar-refractivity contribution in [3.05, 3.63) is 101 Å². The lowest BCUT2D eigenvalue weighted by atomic mass is 10.1. The minimum absolute atomic E-state index is 0.161. The molecule has 32 heavy (non-hydrogen) atoms. The van der Waals surface area contributed by atoms with Crippen LogP contribution in [0.25, 0.3) is 22.5 Å². The van der Waals surface area contributed by atoms with E-state index in [1.54, 1.807) is 30.3 Å². The minimum Gasteiger partial charge on any atom is -0.484 e. The predicted molar refractivity (Wildman–Crippen MR) is 127 cm³/mol. The van der Waals surface area contributed by atoms with E-state index in [1.165, 1.54) is 6.21 Å². The molecular formula is C25H18Cl2N2O3. The quantitative estimate of drug-likeness (QED) is 0.252. The van der Waals surface area contributed by atoms with Crippen molar-refractivity contribution in [2.45, 2.75) is 0 Å². The van der Waals surface area contributed by atoms with E-state index in [-0.39, 0.29) is 12.5 Å². The first kappa shape index (κ1) is 21.7. The van der Waals surface area contributed by atoms with Crippen molar-refractivity contribution in [3.8, 4) is 28.2 Å². The van der Waals surface area contributed by atoms with E-state index in [0.717, 1.165) is 11.1 Å². The van der Waals surface area contributed by atoms with Crippen molar-refractivity contribution in [2.75, 3.05) is 6.61 Å². The van der Waals surface area contributed by atoms with Crippen LogP contribution in [0.5, 0.6) is 5.75 Å². The topological polar surface area (TPSA) is 63.8 Å². The number of carbonyl (C=O) groups is 1. The third-order valence-electron chi connectivity index (χ3n) is 4.54. The van der Waals surface area contributed by atoms with Crippen LogP contribution in [-0.2, 0) is 4.79 Å². The fraction of sp³-hybridized carbons (Fsp3) is 0.0400. The fourth-order valence-corrected chi connectivity index (χ4v) is 3.48. The Balaban J connectivity index is 1.27. The highest BCUT2D eigenvalue weighted by molar-refractivity contribution is 6.36. The highest BCUT2D eigenvalue weighted by Crippen LogP contribution is 2.31. The Kier molecular flexibility index (Phi) is 6.90. The molecule has 4 rings (SSSR count). The number of hydrogen-bond acceptors (Lipinski definition) is 4. The average Bonchev–Trinajstić information content (AvgIpc) is 3.27. The molecule has 0 saturated carbocycles. The van der Waals surface area contributed by atoms with Crippen LogP contribution in [0, 0.1) is 0 Å². The molecule has 0 aliphatic rings.